The van der Waals surface area contributed by atoms with E-state index in [2.05, 4.69) is 0 Å². The monoisotopic (exact) mass is 261 g/mol. The van der Waals surface area contributed by atoms with Gasteiger partial charge in [-0.25, -0.2) is 4.79 Å². The number of hydrogen-bond acceptors (Lipinski definition) is 4. The SMILES string of the molecule is CCCOC(=O)[C@@H]1CCC(=O)N1C(=O)[C@@H](C)Cl. The van der Waals surface area contributed by atoms with Crippen LogP contribution in [0.5, 0.6) is 0 Å². The van der Waals surface area contributed by atoms with Gasteiger partial charge in [-0.2, -0.15) is 0 Å². The Bertz CT molecular complexity index is 329. The van der Waals surface area contributed by atoms with Crippen molar-refractivity contribution in [2.24, 2.45) is 0 Å². The van der Waals surface area contributed by atoms with E-state index in [1.807, 2.05) is 6.92 Å². The van der Waals surface area contributed by atoms with Gasteiger partial charge in [-0.15, -0.1) is 11.6 Å². The molecule has 0 aromatic heterocycles. The zero-order chi connectivity index (χ0) is 13.0. The molecule has 96 valence electrons. The van der Waals surface area contributed by atoms with Gasteiger partial charge in [0.1, 0.15) is 11.4 Å². The predicted octanol–water partition coefficient (Wildman–Crippen LogP) is 1.08. The number of ether oxygens (including phenoxy) is 1. The molecule has 17 heavy (non-hydrogen) atoms. The highest BCUT2D eigenvalue weighted by Gasteiger charge is 2.42. The average Bonchev–Trinajstić information content (AvgIpc) is 2.66. The van der Waals surface area contributed by atoms with E-state index in [4.69, 9.17) is 16.3 Å². The number of halogens is 1. The zero-order valence-electron chi connectivity index (χ0n) is 9.94. The normalized spacial score (nSPS) is 21.5. The molecule has 1 aliphatic heterocycles. The van der Waals surface area contributed by atoms with Gasteiger partial charge in [-0.3, -0.25) is 14.5 Å². The van der Waals surface area contributed by atoms with Gasteiger partial charge >= 0.3 is 5.97 Å². The van der Waals surface area contributed by atoms with Crippen LogP contribution in [-0.2, 0) is 19.1 Å². The van der Waals surface area contributed by atoms with E-state index in [0.29, 0.717) is 19.4 Å². The largest absolute Gasteiger partial charge is 0.464 e. The van der Waals surface area contributed by atoms with E-state index < -0.39 is 23.3 Å². The molecule has 2 atom stereocenters. The molecule has 0 aromatic carbocycles. The highest BCUT2D eigenvalue weighted by molar-refractivity contribution is 6.31. The Morgan fingerprint density at radius 3 is 2.76 bits per heavy atom. The van der Waals surface area contributed by atoms with Gasteiger partial charge in [0.2, 0.25) is 11.8 Å². The van der Waals surface area contributed by atoms with Gasteiger partial charge < -0.3 is 4.74 Å². The molecule has 5 nitrogen and oxygen atoms in total. The van der Waals surface area contributed by atoms with Crippen molar-refractivity contribution in [3.05, 3.63) is 0 Å². The van der Waals surface area contributed by atoms with Gasteiger partial charge in [0.25, 0.3) is 0 Å². The lowest BCUT2D eigenvalue weighted by molar-refractivity contribution is -0.157. The second-order valence-electron chi connectivity index (χ2n) is 3.94. The fourth-order valence-corrected chi connectivity index (χ4v) is 1.78. The lowest BCUT2D eigenvalue weighted by Gasteiger charge is -2.22. The van der Waals surface area contributed by atoms with Crippen LogP contribution < -0.4 is 0 Å². The number of carbonyl (C=O) groups is 3. The first-order chi connectivity index (χ1) is 7.99. The third-order valence-electron chi connectivity index (χ3n) is 2.51. The molecule has 1 aliphatic rings. The van der Waals surface area contributed by atoms with Crippen molar-refractivity contribution in [2.75, 3.05) is 6.61 Å². The Morgan fingerprint density at radius 1 is 1.59 bits per heavy atom. The second kappa shape index (κ2) is 6.00. The molecule has 1 saturated heterocycles. The van der Waals surface area contributed by atoms with Crippen LogP contribution in [0.15, 0.2) is 0 Å². The van der Waals surface area contributed by atoms with Crippen molar-refractivity contribution < 1.29 is 19.1 Å². The van der Waals surface area contributed by atoms with Crippen LogP contribution in [0.25, 0.3) is 0 Å². The topological polar surface area (TPSA) is 63.7 Å². The van der Waals surface area contributed by atoms with Crippen molar-refractivity contribution in [1.29, 1.82) is 0 Å². The van der Waals surface area contributed by atoms with Crippen LogP contribution in [-0.4, -0.2) is 40.7 Å². The molecule has 1 heterocycles. The zero-order valence-corrected chi connectivity index (χ0v) is 10.7. The Hall–Kier alpha value is -1.10. The molecule has 0 spiro atoms. The summed E-state index contributed by atoms with van der Waals surface area (Å²) in [7, 11) is 0. The molecule has 1 fully saturated rings. The maximum absolute atomic E-state index is 11.7. The third kappa shape index (κ3) is 3.19. The second-order valence-corrected chi connectivity index (χ2v) is 4.59. The van der Waals surface area contributed by atoms with Crippen molar-refractivity contribution in [2.45, 2.75) is 44.5 Å². The van der Waals surface area contributed by atoms with Crippen LogP contribution in [0.4, 0.5) is 0 Å². The maximum atomic E-state index is 11.7. The molecule has 1 rings (SSSR count). The summed E-state index contributed by atoms with van der Waals surface area (Å²) in [6.07, 6.45) is 1.20. The lowest BCUT2D eigenvalue weighted by Crippen LogP contribution is -2.46. The minimum absolute atomic E-state index is 0.182. The number of rotatable bonds is 4. The quantitative estimate of drug-likeness (QED) is 0.561. The van der Waals surface area contributed by atoms with Crippen LogP contribution in [0.2, 0.25) is 0 Å². The van der Waals surface area contributed by atoms with Crippen molar-refractivity contribution in [1.82, 2.24) is 4.90 Å². The first-order valence-electron chi connectivity index (χ1n) is 5.65. The van der Waals surface area contributed by atoms with E-state index in [1.54, 1.807) is 0 Å². The van der Waals surface area contributed by atoms with E-state index >= 15 is 0 Å². The number of imide groups is 1. The summed E-state index contributed by atoms with van der Waals surface area (Å²) in [4.78, 5) is 35.9. The molecule has 0 bridgehead atoms. The van der Waals surface area contributed by atoms with Crippen LogP contribution in [0.1, 0.15) is 33.1 Å². The first-order valence-corrected chi connectivity index (χ1v) is 6.09. The van der Waals surface area contributed by atoms with Gasteiger partial charge in [0, 0.05) is 6.42 Å². The van der Waals surface area contributed by atoms with Gasteiger partial charge in [-0.1, -0.05) is 6.92 Å². The number of esters is 1. The number of nitrogens with zero attached hydrogens (tertiary/aromatic N) is 1. The number of likely N-dealkylation sites (tertiary alicyclic amines) is 1. The van der Waals surface area contributed by atoms with E-state index in [1.165, 1.54) is 6.92 Å². The van der Waals surface area contributed by atoms with Crippen molar-refractivity contribution >= 4 is 29.4 Å². The van der Waals surface area contributed by atoms with Gasteiger partial charge in [0.05, 0.1) is 6.61 Å². The Balaban J connectivity index is 2.74. The molecule has 0 radical (unpaired) electrons. The average molecular weight is 262 g/mol. The van der Waals surface area contributed by atoms with Crippen LogP contribution >= 0.6 is 11.6 Å². The third-order valence-corrected chi connectivity index (χ3v) is 2.70. The summed E-state index contributed by atoms with van der Waals surface area (Å²) in [6.45, 7) is 3.64. The Morgan fingerprint density at radius 2 is 2.24 bits per heavy atom. The summed E-state index contributed by atoms with van der Waals surface area (Å²) < 4.78 is 4.96. The molecular formula is C11H16ClNO4. The van der Waals surface area contributed by atoms with E-state index in [0.717, 1.165) is 4.90 Å². The minimum atomic E-state index is -0.821. The number of hydrogen-bond donors (Lipinski definition) is 0. The van der Waals surface area contributed by atoms with Crippen LogP contribution in [0.3, 0.4) is 0 Å². The molecule has 0 saturated carbocycles. The summed E-state index contributed by atoms with van der Waals surface area (Å²) >= 11 is 5.65. The molecular weight excluding hydrogens is 246 g/mol. The van der Waals surface area contributed by atoms with Gasteiger partial charge in [-0.05, 0) is 19.8 Å². The fourth-order valence-electron chi connectivity index (χ4n) is 1.67. The van der Waals surface area contributed by atoms with Gasteiger partial charge in [0.15, 0.2) is 0 Å². The van der Waals surface area contributed by atoms with Crippen LogP contribution in [0, 0.1) is 0 Å². The lowest BCUT2D eigenvalue weighted by atomic mass is 10.2. The Kier molecular flexibility index (Phi) is 4.93. The van der Waals surface area contributed by atoms with E-state index in [-0.39, 0.29) is 12.3 Å². The summed E-state index contributed by atoms with van der Waals surface area (Å²) in [5.74, 6) is -1.42. The van der Waals surface area contributed by atoms with Crippen molar-refractivity contribution in [3.63, 3.8) is 0 Å². The molecule has 0 aliphatic carbocycles. The minimum Gasteiger partial charge on any atom is -0.464 e. The van der Waals surface area contributed by atoms with E-state index in [9.17, 15) is 14.4 Å². The fraction of sp³-hybridized carbons (Fsp3) is 0.727. The van der Waals surface area contributed by atoms with Crippen molar-refractivity contribution in [3.8, 4) is 0 Å². The number of amides is 2. The molecule has 0 unspecified atom stereocenters. The summed E-state index contributed by atoms with van der Waals surface area (Å²) in [5, 5.41) is -0.821. The molecule has 6 heteroatoms. The highest BCUT2D eigenvalue weighted by atomic mass is 35.5. The molecule has 2 amide bonds. The smallest absolute Gasteiger partial charge is 0.329 e. The molecule has 0 aromatic rings. The standard InChI is InChI=1S/C11H16ClNO4/c1-3-6-17-11(16)8-4-5-9(14)13(8)10(15)7(2)12/h7-8H,3-6H2,1-2H3/t7-,8+/m1/s1. The number of alkyl halides is 1. The molecule has 0 N–H and O–H groups in total. The predicted molar refractivity (Wildman–Crippen MR) is 61.4 cm³/mol. The summed E-state index contributed by atoms with van der Waals surface area (Å²) in [5.41, 5.74) is 0. The number of carbonyl (C=O) groups excluding carboxylic acids is 3. The highest BCUT2D eigenvalue weighted by Crippen LogP contribution is 2.22. The maximum Gasteiger partial charge on any atom is 0.329 e. The Labute approximate surface area is 105 Å². The summed E-state index contributed by atoms with van der Waals surface area (Å²) in [6, 6.07) is -0.803. The first kappa shape index (κ1) is 14.0.